The van der Waals surface area contributed by atoms with Crippen LogP contribution in [0.2, 0.25) is 0 Å². The molecule has 6 aliphatic rings. The molecule has 6 aliphatic carbocycles. The number of carbonyl (C=O) groups excluding carboxylic acids is 6. The second kappa shape index (κ2) is 40.3. The molecule has 0 spiro atoms. The Morgan fingerprint density at radius 3 is 0.694 bits per heavy atom. The summed E-state index contributed by atoms with van der Waals surface area (Å²) in [7, 11) is 0. The van der Waals surface area contributed by atoms with Crippen molar-refractivity contribution in [3.8, 4) is 0 Å². The smallest absolute Gasteiger partial charge is 0.333 e. The van der Waals surface area contributed by atoms with Crippen LogP contribution in [0, 0.1) is 13.8 Å². The van der Waals surface area contributed by atoms with E-state index in [0.717, 1.165) is 171 Å². The van der Waals surface area contributed by atoms with E-state index in [1.54, 1.807) is 59.8 Å². The molecule has 0 heterocycles. The first-order valence-corrected chi connectivity index (χ1v) is 35.9. The average molecular weight is 1340 g/mol. The first-order valence-electron chi connectivity index (χ1n) is 35.9. The molecule has 0 saturated heterocycles. The summed E-state index contributed by atoms with van der Waals surface area (Å²) in [6, 6.07) is 26.7. The molecule has 12 heteroatoms. The molecule has 9 rings (SSSR count). The minimum absolute atomic E-state index is 0.275. The van der Waals surface area contributed by atoms with E-state index in [1.165, 1.54) is 49.7 Å². The quantitative estimate of drug-likeness (QED) is 0.0514. The van der Waals surface area contributed by atoms with E-state index < -0.39 is 33.6 Å². The molecular formula is C86H118O12. The highest BCUT2D eigenvalue weighted by molar-refractivity contribution is 5.89. The van der Waals surface area contributed by atoms with Gasteiger partial charge in [0.2, 0.25) is 0 Å². The lowest BCUT2D eigenvalue weighted by atomic mass is 9.79. The van der Waals surface area contributed by atoms with Gasteiger partial charge in [0.1, 0.15) is 33.6 Å². The maximum absolute atomic E-state index is 11.9. The fourth-order valence-electron chi connectivity index (χ4n) is 13.3. The Bertz CT molecular complexity index is 3190. The Morgan fingerprint density at radius 1 is 0.276 bits per heavy atom. The van der Waals surface area contributed by atoms with Crippen LogP contribution in [0.1, 0.15) is 262 Å². The lowest BCUT2D eigenvalue weighted by Crippen LogP contribution is -2.35. The molecule has 0 radical (unpaired) electrons. The van der Waals surface area contributed by atoms with Crippen molar-refractivity contribution in [3.05, 3.63) is 218 Å². The Hall–Kier alpha value is -7.86. The molecule has 0 N–H and O–H groups in total. The monoisotopic (exact) mass is 1340 g/mol. The standard InChI is InChI=1S/C17H22O2.2C16H20O2.C14H22O2.C12H18O2.C11H16O2/c1-13(2)16(18)19-17(11-5-4-6-12-17)15-9-7-14(3)8-10-15;1-12(2)15(17)18-16(10-4-5-11-16)14-8-6-13(3)7-9-14;1-13(2)15(17)18-16(11-7-4-8-12-16)14-9-5-3-6-10-14;1-4-14(16-13(15)12(2)3)10-8-6-5-7-9-11-14;1-4-12(8-6-5-7-9-12)14-11(13)10(2)3;1-4-11(7-5-6-8-11)13-10(12)9(2)3/h7-10H,1,4-6,11-12H2,2-3H3;6-9H,1,4-5,10-11H2,2-3H3;3,5-6,9-10H,1,4,7-8,11-12H2,2H3;4H,1-2,5-11H2,3H3;4H,1-2,5-9H2,3H3;4H,1-2,5-8H2,3H3. The summed E-state index contributed by atoms with van der Waals surface area (Å²) in [5.74, 6) is -1.73. The van der Waals surface area contributed by atoms with Gasteiger partial charge in [-0.2, -0.15) is 0 Å². The van der Waals surface area contributed by atoms with Gasteiger partial charge in [0, 0.05) is 33.4 Å². The first-order chi connectivity index (χ1) is 46.5. The van der Waals surface area contributed by atoms with Crippen molar-refractivity contribution in [1.29, 1.82) is 0 Å². The number of carbonyl (C=O) groups is 6. The number of ether oxygens (including phenoxy) is 6. The third kappa shape index (κ3) is 25.8. The Balaban J connectivity index is 0.000000251. The summed E-state index contributed by atoms with van der Waals surface area (Å²) in [5.41, 5.74) is 5.97. The zero-order chi connectivity index (χ0) is 72.6. The molecule has 3 aromatic rings. The Labute approximate surface area is 589 Å². The van der Waals surface area contributed by atoms with Gasteiger partial charge in [0.05, 0.1) is 0 Å². The minimum atomic E-state index is -0.448. The largest absolute Gasteiger partial charge is 0.451 e. The molecule has 0 unspecified atom stereocenters. The van der Waals surface area contributed by atoms with Crippen LogP contribution in [0.25, 0.3) is 0 Å². The van der Waals surface area contributed by atoms with Crippen molar-refractivity contribution in [2.45, 2.75) is 282 Å². The normalized spacial score (nSPS) is 18.7. The van der Waals surface area contributed by atoms with Gasteiger partial charge in [0.15, 0.2) is 0 Å². The van der Waals surface area contributed by atoms with Crippen LogP contribution in [-0.2, 0) is 74.0 Å². The lowest BCUT2D eigenvalue weighted by Gasteiger charge is -2.37. The van der Waals surface area contributed by atoms with E-state index in [2.05, 4.69) is 134 Å². The number of aryl methyl sites for hydroxylation is 2. The molecule has 0 aliphatic heterocycles. The molecule has 534 valence electrons. The molecule has 98 heavy (non-hydrogen) atoms. The molecule has 12 nitrogen and oxygen atoms in total. The molecule has 0 amide bonds. The predicted molar refractivity (Wildman–Crippen MR) is 397 cm³/mol. The Kier molecular flexibility index (Phi) is 33.9. The van der Waals surface area contributed by atoms with Gasteiger partial charge in [-0.05, 0) is 244 Å². The van der Waals surface area contributed by atoms with Crippen LogP contribution in [0.5, 0.6) is 0 Å². The van der Waals surface area contributed by atoms with Crippen molar-refractivity contribution in [2.75, 3.05) is 0 Å². The van der Waals surface area contributed by atoms with E-state index in [0.29, 0.717) is 33.4 Å². The lowest BCUT2D eigenvalue weighted by molar-refractivity contribution is -0.161. The zero-order valence-corrected chi connectivity index (χ0v) is 61.2. The summed E-state index contributed by atoms with van der Waals surface area (Å²) < 4.78 is 33.7. The van der Waals surface area contributed by atoms with Crippen molar-refractivity contribution in [3.63, 3.8) is 0 Å². The maximum Gasteiger partial charge on any atom is 0.333 e. The summed E-state index contributed by atoms with van der Waals surface area (Å²) in [6.07, 6.45) is 36.9. The van der Waals surface area contributed by atoms with E-state index in [1.807, 2.05) is 18.2 Å². The second-order valence-electron chi connectivity index (χ2n) is 28.3. The van der Waals surface area contributed by atoms with Crippen LogP contribution < -0.4 is 0 Å². The van der Waals surface area contributed by atoms with E-state index in [4.69, 9.17) is 28.4 Å². The van der Waals surface area contributed by atoms with Gasteiger partial charge < -0.3 is 28.4 Å². The highest BCUT2D eigenvalue weighted by Crippen LogP contribution is 2.45. The third-order valence-electron chi connectivity index (χ3n) is 19.5. The van der Waals surface area contributed by atoms with Crippen molar-refractivity contribution in [1.82, 2.24) is 0 Å². The third-order valence-corrected chi connectivity index (χ3v) is 19.5. The molecule has 0 aromatic heterocycles. The summed E-state index contributed by atoms with van der Waals surface area (Å²) in [4.78, 5) is 69.9. The summed E-state index contributed by atoms with van der Waals surface area (Å²) in [6.45, 7) is 47.3. The van der Waals surface area contributed by atoms with Crippen molar-refractivity contribution >= 4 is 35.8 Å². The van der Waals surface area contributed by atoms with Gasteiger partial charge in [-0.1, -0.05) is 188 Å². The maximum atomic E-state index is 11.9. The summed E-state index contributed by atoms with van der Waals surface area (Å²) in [5, 5.41) is 0. The fraction of sp³-hybridized carbons (Fsp3) is 0.512. The van der Waals surface area contributed by atoms with Gasteiger partial charge in [-0.3, -0.25) is 0 Å². The number of hydrogen-bond donors (Lipinski definition) is 0. The SMILES string of the molecule is C=C(C)C(=O)OC1(c2ccc(C)cc2)CCCC1.C=C(C)C(=O)OC1(c2ccc(C)cc2)CCCCC1.C=C(C)C(=O)OC1(c2ccccc2)CCCCC1.C=CC1(OC(=O)C(=C)C)CCCC1.C=CC1(OC(=O)C(=C)C)CCCCC1.C=CC1(OC(=O)C(=C)C)CCCCCCC1. The molecule has 6 fully saturated rings. The number of benzene rings is 3. The van der Waals surface area contributed by atoms with E-state index in [-0.39, 0.29) is 35.8 Å². The first kappa shape index (κ1) is 82.6. The molecule has 6 saturated carbocycles. The van der Waals surface area contributed by atoms with Gasteiger partial charge in [-0.25, -0.2) is 28.8 Å². The van der Waals surface area contributed by atoms with Gasteiger partial charge in [-0.15, -0.1) is 0 Å². The summed E-state index contributed by atoms with van der Waals surface area (Å²) >= 11 is 0. The van der Waals surface area contributed by atoms with E-state index >= 15 is 0 Å². The van der Waals surface area contributed by atoms with Crippen LogP contribution in [0.3, 0.4) is 0 Å². The van der Waals surface area contributed by atoms with Crippen molar-refractivity contribution in [2.24, 2.45) is 0 Å². The fourth-order valence-corrected chi connectivity index (χ4v) is 13.3. The highest BCUT2D eigenvalue weighted by atomic mass is 16.6. The number of esters is 6. The predicted octanol–water partition coefficient (Wildman–Crippen LogP) is 21.5. The average Bonchev–Trinajstić information content (AvgIpc) is 1.13. The molecule has 0 bridgehead atoms. The Morgan fingerprint density at radius 2 is 0.459 bits per heavy atom. The van der Waals surface area contributed by atoms with Crippen molar-refractivity contribution < 1.29 is 57.2 Å². The van der Waals surface area contributed by atoms with Crippen LogP contribution in [0.4, 0.5) is 0 Å². The van der Waals surface area contributed by atoms with E-state index in [9.17, 15) is 28.8 Å². The zero-order valence-electron chi connectivity index (χ0n) is 61.2. The highest BCUT2D eigenvalue weighted by Gasteiger charge is 2.42. The van der Waals surface area contributed by atoms with Crippen LogP contribution >= 0.6 is 0 Å². The molecular weight excluding hydrogens is 1220 g/mol. The van der Waals surface area contributed by atoms with Crippen LogP contribution in [0.15, 0.2) is 190 Å². The minimum Gasteiger partial charge on any atom is -0.451 e. The molecule has 0 atom stereocenters. The van der Waals surface area contributed by atoms with Gasteiger partial charge in [0.25, 0.3) is 0 Å². The second-order valence-corrected chi connectivity index (χ2v) is 28.3. The topological polar surface area (TPSA) is 158 Å². The van der Waals surface area contributed by atoms with Gasteiger partial charge >= 0.3 is 35.8 Å². The number of hydrogen-bond acceptors (Lipinski definition) is 12. The van der Waals surface area contributed by atoms with Crippen LogP contribution in [-0.4, -0.2) is 52.6 Å². The number of rotatable bonds is 18. The molecule has 3 aromatic carbocycles.